The molecule has 1 saturated heterocycles. The molecular formula is C12H26N2O. The molecule has 1 fully saturated rings. The lowest BCUT2D eigenvalue weighted by Gasteiger charge is -2.21. The minimum absolute atomic E-state index is 0.756. The second-order valence-electron chi connectivity index (χ2n) is 4.78. The van der Waals surface area contributed by atoms with E-state index in [-0.39, 0.29) is 0 Å². The van der Waals surface area contributed by atoms with Crippen LogP contribution < -0.4 is 5.32 Å². The fraction of sp³-hybridized carbons (Fsp3) is 1.00. The van der Waals surface area contributed by atoms with E-state index in [1.165, 1.54) is 26.1 Å². The number of ether oxygens (including phenoxy) is 1. The molecule has 0 aromatic rings. The molecule has 1 aliphatic heterocycles. The van der Waals surface area contributed by atoms with Crippen LogP contribution in [0.25, 0.3) is 0 Å². The third-order valence-electron chi connectivity index (χ3n) is 3.09. The van der Waals surface area contributed by atoms with Crippen LogP contribution in [0, 0.1) is 11.8 Å². The molecule has 3 nitrogen and oxygen atoms in total. The number of nitrogens with zero attached hydrogens (tertiary/aromatic N) is 1. The number of likely N-dealkylation sites (tertiary alicyclic amines) is 1. The molecule has 0 aliphatic carbocycles. The van der Waals surface area contributed by atoms with Crippen LogP contribution in [0.5, 0.6) is 0 Å². The summed E-state index contributed by atoms with van der Waals surface area (Å²) in [5.41, 5.74) is 0. The van der Waals surface area contributed by atoms with Crippen LogP contribution in [-0.4, -0.2) is 51.3 Å². The smallest absolute Gasteiger partial charge is 0.0503 e. The first-order valence-electron chi connectivity index (χ1n) is 6.18. The SMILES string of the molecule is CCNCC(C)CN1CCC(COC)C1. The lowest BCUT2D eigenvalue weighted by molar-refractivity contribution is 0.151. The zero-order valence-corrected chi connectivity index (χ0v) is 10.5. The average Bonchev–Trinajstić information content (AvgIpc) is 2.63. The highest BCUT2D eigenvalue weighted by Crippen LogP contribution is 2.17. The van der Waals surface area contributed by atoms with Crippen molar-refractivity contribution in [3.63, 3.8) is 0 Å². The second kappa shape index (κ2) is 7.20. The summed E-state index contributed by atoms with van der Waals surface area (Å²) in [6.07, 6.45) is 1.31. The number of nitrogens with one attached hydrogen (secondary N) is 1. The Morgan fingerprint density at radius 2 is 2.33 bits per heavy atom. The van der Waals surface area contributed by atoms with Crippen molar-refractivity contribution >= 4 is 0 Å². The van der Waals surface area contributed by atoms with Crippen molar-refractivity contribution in [1.82, 2.24) is 10.2 Å². The summed E-state index contributed by atoms with van der Waals surface area (Å²) in [6, 6.07) is 0. The third-order valence-corrected chi connectivity index (χ3v) is 3.09. The molecule has 3 heteroatoms. The monoisotopic (exact) mass is 214 g/mol. The van der Waals surface area contributed by atoms with E-state index in [0.717, 1.165) is 31.5 Å². The number of hydrogen-bond donors (Lipinski definition) is 1. The Kier molecular flexibility index (Phi) is 6.22. The summed E-state index contributed by atoms with van der Waals surface area (Å²) >= 11 is 0. The fourth-order valence-corrected chi connectivity index (χ4v) is 2.35. The Morgan fingerprint density at radius 3 is 3.00 bits per heavy atom. The summed E-state index contributed by atoms with van der Waals surface area (Å²) in [5, 5.41) is 3.41. The maximum atomic E-state index is 5.20. The van der Waals surface area contributed by atoms with E-state index < -0.39 is 0 Å². The van der Waals surface area contributed by atoms with Gasteiger partial charge >= 0.3 is 0 Å². The van der Waals surface area contributed by atoms with Crippen LogP contribution in [0.1, 0.15) is 20.3 Å². The lowest BCUT2D eigenvalue weighted by Crippen LogP contribution is -2.32. The number of methoxy groups -OCH3 is 1. The molecule has 0 amide bonds. The number of hydrogen-bond acceptors (Lipinski definition) is 3. The van der Waals surface area contributed by atoms with Gasteiger partial charge in [-0.1, -0.05) is 13.8 Å². The van der Waals surface area contributed by atoms with Crippen LogP contribution in [0.3, 0.4) is 0 Å². The molecule has 15 heavy (non-hydrogen) atoms. The zero-order chi connectivity index (χ0) is 11.1. The van der Waals surface area contributed by atoms with Gasteiger partial charge < -0.3 is 15.0 Å². The largest absolute Gasteiger partial charge is 0.384 e. The van der Waals surface area contributed by atoms with Crippen molar-refractivity contribution in [3.8, 4) is 0 Å². The normalized spacial score (nSPS) is 24.6. The average molecular weight is 214 g/mol. The molecular weight excluding hydrogens is 188 g/mol. The highest BCUT2D eigenvalue weighted by Gasteiger charge is 2.22. The summed E-state index contributed by atoms with van der Waals surface area (Å²) in [5.74, 6) is 1.52. The van der Waals surface area contributed by atoms with Gasteiger partial charge in [0.25, 0.3) is 0 Å². The molecule has 1 rings (SSSR count). The molecule has 2 atom stereocenters. The topological polar surface area (TPSA) is 24.5 Å². The lowest BCUT2D eigenvalue weighted by atomic mass is 10.1. The Hall–Kier alpha value is -0.120. The summed E-state index contributed by atoms with van der Waals surface area (Å²) in [6.45, 7) is 11.3. The van der Waals surface area contributed by atoms with E-state index in [1.807, 2.05) is 0 Å². The van der Waals surface area contributed by atoms with Gasteiger partial charge in [-0.25, -0.2) is 0 Å². The van der Waals surface area contributed by atoms with Gasteiger partial charge in [-0.2, -0.15) is 0 Å². The fourth-order valence-electron chi connectivity index (χ4n) is 2.35. The standard InChI is InChI=1S/C12H26N2O/c1-4-13-7-11(2)8-14-6-5-12(9-14)10-15-3/h11-13H,4-10H2,1-3H3. The predicted molar refractivity (Wildman–Crippen MR) is 64.1 cm³/mol. The van der Waals surface area contributed by atoms with Gasteiger partial charge in [-0.15, -0.1) is 0 Å². The van der Waals surface area contributed by atoms with Gasteiger partial charge in [-0.05, 0) is 37.9 Å². The Bertz CT molecular complexity index is 164. The van der Waals surface area contributed by atoms with Crippen molar-refractivity contribution in [1.29, 1.82) is 0 Å². The first-order chi connectivity index (χ1) is 7.26. The molecule has 2 unspecified atom stereocenters. The van der Waals surface area contributed by atoms with E-state index in [2.05, 4.69) is 24.1 Å². The molecule has 1 heterocycles. The Morgan fingerprint density at radius 1 is 1.53 bits per heavy atom. The molecule has 0 saturated carbocycles. The van der Waals surface area contributed by atoms with Crippen LogP contribution in [-0.2, 0) is 4.74 Å². The Labute approximate surface area is 94.2 Å². The second-order valence-corrected chi connectivity index (χ2v) is 4.78. The van der Waals surface area contributed by atoms with Gasteiger partial charge in [-0.3, -0.25) is 0 Å². The molecule has 90 valence electrons. The molecule has 0 spiro atoms. The summed E-state index contributed by atoms with van der Waals surface area (Å²) < 4.78 is 5.20. The van der Waals surface area contributed by atoms with E-state index in [0.29, 0.717) is 0 Å². The molecule has 0 bridgehead atoms. The van der Waals surface area contributed by atoms with E-state index in [1.54, 1.807) is 7.11 Å². The van der Waals surface area contributed by atoms with Crippen LogP contribution in [0.4, 0.5) is 0 Å². The van der Waals surface area contributed by atoms with Crippen molar-refractivity contribution in [2.24, 2.45) is 11.8 Å². The van der Waals surface area contributed by atoms with E-state index >= 15 is 0 Å². The van der Waals surface area contributed by atoms with Gasteiger partial charge in [0.2, 0.25) is 0 Å². The van der Waals surface area contributed by atoms with Gasteiger partial charge in [0.15, 0.2) is 0 Å². The number of rotatable bonds is 7. The molecule has 0 aromatic carbocycles. The van der Waals surface area contributed by atoms with Gasteiger partial charge in [0, 0.05) is 20.2 Å². The summed E-state index contributed by atoms with van der Waals surface area (Å²) in [7, 11) is 1.80. The molecule has 1 N–H and O–H groups in total. The summed E-state index contributed by atoms with van der Waals surface area (Å²) in [4.78, 5) is 2.58. The Balaban J connectivity index is 2.12. The third kappa shape index (κ3) is 4.96. The molecule has 0 aromatic heterocycles. The molecule has 0 radical (unpaired) electrons. The van der Waals surface area contributed by atoms with Crippen molar-refractivity contribution in [2.75, 3.05) is 46.4 Å². The first-order valence-corrected chi connectivity index (χ1v) is 6.18. The predicted octanol–water partition coefficient (Wildman–Crippen LogP) is 1.20. The molecule has 1 aliphatic rings. The van der Waals surface area contributed by atoms with Gasteiger partial charge in [0.1, 0.15) is 0 Å². The quantitative estimate of drug-likeness (QED) is 0.689. The highest BCUT2D eigenvalue weighted by atomic mass is 16.5. The van der Waals surface area contributed by atoms with E-state index in [9.17, 15) is 0 Å². The van der Waals surface area contributed by atoms with E-state index in [4.69, 9.17) is 4.74 Å². The van der Waals surface area contributed by atoms with Crippen LogP contribution in [0.15, 0.2) is 0 Å². The maximum Gasteiger partial charge on any atom is 0.0503 e. The van der Waals surface area contributed by atoms with Crippen molar-refractivity contribution in [3.05, 3.63) is 0 Å². The minimum atomic E-state index is 0.756. The highest BCUT2D eigenvalue weighted by molar-refractivity contribution is 4.76. The van der Waals surface area contributed by atoms with Crippen LogP contribution >= 0.6 is 0 Å². The first kappa shape index (κ1) is 12.9. The van der Waals surface area contributed by atoms with Crippen molar-refractivity contribution < 1.29 is 4.74 Å². The van der Waals surface area contributed by atoms with Crippen molar-refractivity contribution in [2.45, 2.75) is 20.3 Å². The zero-order valence-electron chi connectivity index (χ0n) is 10.5. The minimum Gasteiger partial charge on any atom is -0.384 e. The van der Waals surface area contributed by atoms with Crippen LogP contribution in [0.2, 0.25) is 0 Å². The maximum absolute atomic E-state index is 5.20. The van der Waals surface area contributed by atoms with Gasteiger partial charge in [0.05, 0.1) is 6.61 Å².